The van der Waals surface area contributed by atoms with Gasteiger partial charge in [0.25, 0.3) is 0 Å². The summed E-state index contributed by atoms with van der Waals surface area (Å²) in [6, 6.07) is 4.13. The normalized spacial score (nSPS) is 23.0. The summed E-state index contributed by atoms with van der Waals surface area (Å²) in [6.45, 7) is 13.1. The molecule has 1 saturated heterocycles. The smallest absolute Gasteiger partial charge is 0.241 e. The van der Waals surface area contributed by atoms with Gasteiger partial charge >= 0.3 is 0 Å². The fourth-order valence-corrected chi connectivity index (χ4v) is 4.89. The average molecular weight is 324 g/mol. The Hall–Kier alpha value is -0.910. The molecule has 0 saturated carbocycles. The van der Waals surface area contributed by atoms with E-state index in [2.05, 4.69) is 30.8 Å². The van der Waals surface area contributed by atoms with Gasteiger partial charge in [-0.2, -0.15) is 0 Å². The number of nitrogens with one attached hydrogen (secondary N) is 2. The first-order chi connectivity index (χ1) is 10.0. The Morgan fingerprint density at radius 1 is 1.18 bits per heavy atom. The molecule has 1 fully saturated rings. The zero-order valence-corrected chi connectivity index (χ0v) is 15.3. The minimum atomic E-state index is -3.49. The van der Waals surface area contributed by atoms with Gasteiger partial charge < -0.3 is 5.32 Å². The number of rotatable bonds is 3. The standard InChI is InChI=1S/C17H28N2O2S/c1-11-9-14(17(4,5)6)10-12(2)16(11)22(20,21)19-15-7-8-18-13(15)3/h9-10,13,15,18-19H,7-8H2,1-6H3/t13-,15+/m1/s1. The largest absolute Gasteiger partial charge is 0.313 e. The molecule has 1 aliphatic heterocycles. The van der Waals surface area contributed by atoms with E-state index in [0.29, 0.717) is 4.90 Å². The predicted octanol–water partition coefficient (Wildman–Crippen LogP) is 2.63. The highest BCUT2D eigenvalue weighted by molar-refractivity contribution is 7.89. The van der Waals surface area contributed by atoms with Gasteiger partial charge in [-0.1, -0.05) is 32.9 Å². The molecular formula is C17H28N2O2S. The molecule has 22 heavy (non-hydrogen) atoms. The van der Waals surface area contributed by atoms with Crippen molar-refractivity contribution >= 4 is 10.0 Å². The van der Waals surface area contributed by atoms with Gasteiger partial charge in [0.05, 0.1) is 4.90 Å². The van der Waals surface area contributed by atoms with Gasteiger partial charge in [0.1, 0.15) is 0 Å². The molecule has 1 heterocycles. The van der Waals surface area contributed by atoms with Crippen molar-refractivity contribution in [3.63, 3.8) is 0 Å². The summed E-state index contributed by atoms with van der Waals surface area (Å²) in [5.74, 6) is 0. The molecule has 4 nitrogen and oxygen atoms in total. The molecular weight excluding hydrogens is 296 g/mol. The molecule has 1 aromatic rings. The molecule has 2 N–H and O–H groups in total. The zero-order chi connectivity index (χ0) is 16.7. The molecule has 0 aliphatic carbocycles. The Morgan fingerprint density at radius 2 is 1.73 bits per heavy atom. The van der Waals surface area contributed by atoms with Crippen molar-refractivity contribution in [3.05, 3.63) is 28.8 Å². The lowest BCUT2D eigenvalue weighted by atomic mass is 9.85. The van der Waals surface area contributed by atoms with Crippen LogP contribution < -0.4 is 10.0 Å². The second kappa shape index (κ2) is 5.95. The Bertz CT molecular complexity index is 637. The first kappa shape index (κ1) is 17.4. The molecule has 0 unspecified atom stereocenters. The van der Waals surface area contributed by atoms with E-state index in [9.17, 15) is 8.42 Å². The summed E-state index contributed by atoms with van der Waals surface area (Å²) >= 11 is 0. The molecule has 0 bridgehead atoms. The molecule has 2 rings (SSSR count). The van der Waals surface area contributed by atoms with Gasteiger partial charge in [0.15, 0.2) is 0 Å². The first-order valence-electron chi connectivity index (χ1n) is 7.90. The summed E-state index contributed by atoms with van der Waals surface area (Å²) < 4.78 is 28.5. The molecule has 2 atom stereocenters. The highest BCUT2D eigenvalue weighted by Gasteiger charge is 2.30. The monoisotopic (exact) mass is 324 g/mol. The van der Waals surface area contributed by atoms with Gasteiger partial charge in [-0.3, -0.25) is 0 Å². The van der Waals surface area contributed by atoms with Crippen molar-refractivity contribution < 1.29 is 8.42 Å². The van der Waals surface area contributed by atoms with E-state index in [1.54, 1.807) is 0 Å². The highest BCUT2D eigenvalue weighted by Crippen LogP contribution is 2.29. The van der Waals surface area contributed by atoms with Crippen molar-refractivity contribution in [2.24, 2.45) is 0 Å². The molecule has 0 radical (unpaired) electrons. The fourth-order valence-electron chi connectivity index (χ4n) is 3.09. The third kappa shape index (κ3) is 3.53. The van der Waals surface area contributed by atoms with E-state index < -0.39 is 10.0 Å². The van der Waals surface area contributed by atoms with Crippen LogP contribution in [-0.4, -0.2) is 27.0 Å². The first-order valence-corrected chi connectivity index (χ1v) is 9.38. The average Bonchev–Trinajstić information content (AvgIpc) is 2.71. The van der Waals surface area contributed by atoms with Crippen molar-refractivity contribution in [2.45, 2.75) is 70.4 Å². The minimum absolute atomic E-state index is 0.00905. The lowest BCUT2D eigenvalue weighted by Gasteiger charge is -2.23. The quantitative estimate of drug-likeness (QED) is 0.898. The van der Waals surface area contributed by atoms with Crippen molar-refractivity contribution in [1.82, 2.24) is 10.0 Å². The van der Waals surface area contributed by atoms with Crippen LogP contribution in [-0.2, 0) is 15.4 Å². The Balaban J connectivity index is 2.39. The summed E-state index contributed by atoms with van der Waals surface area (Å²) in [5, 5.41) is 3.27. The topological polar surface area (TPSA) is 58.2 Å². The Morgan fingerprint density at radius 3 is 2.14 bits per heavy atom. The maximum atomic E-state index is 12.8. The van der Waals surface area contributed by atoms with Crippen LogP contribution in [0.25, 0.3) is 0 Å². The SMILES string of the molecule is Cc1cc(C(C)(C)C)cc(C)c1S(=O)(=O)N[C@H]1CCN[C@@H]1C. The van der Waals surface area contributed by atoms with E-state index in [-0.39, 0.29) is 17.5 Å². The lowest BCUT2D eigenvalue weighted by molar-refractivity contribution is 0.517. The second-order valence-corrected chi connectivity index (χ2v) is 9.10. The number of sulfonamides is 1. The van der Waals surface area contributed by atoms with Crippen LogP contribution in [0.1, 0.15) is 50.8 Å². The third-order valence-corrected chi connectivity index (χ3v) is 6.22. The molecule has 124 valence electrons. The minimum Gasteiger partial charge on any atom is -0.313 e. The summed E-state index contributed by atoms with van der Waals surface area (Å²) in [6.07, 6.45) is 0.832. The van der Waals surface area contributed by atoms with E-state index in [1.165, 1.54) is 0 Å². The Kier molecular flexibility index (Phi) is 4.71. The number of aryl methyl sites for hydroxylation is 2. The second-order valence-electron chi connectivity index (χ2n) is 7.45. The molecule has 1 aromatic carbocycles. The fraction of sp³-hybridized carbons (Fsp3) is 0.647. The zero-order valence-electron chi connectivity index (χ0n) is 14.4. The van der Waals surface area contributed by atoms with E-state index in [1.807, 2.05) is 32.9 Å². The van der Waals surface area contributed by atoms with Crippen LogP contribution in [0.5, 0.6) is 0 Å². The Labute approximate surface area is 134 Å². The van der Waals surface area contributed by atoms with Crippen LogP contribution in [0.3, 0.4) is 0 Å². The molecule has 5 heteroatoms. The summed E-state index contributed by atoms with van der Waals surface area (Å²) in [7, 11) is -3.49. The van der Waals surface area contributed by atoms with Gasteiger partial charge in [-0.05, 0) is 55.8 Å². The van der Waals surface area contributed by atoms with Crippen molar-refractivity contribution in [1.29, 1.82) is 0 Å². The number of hydrogen-bond donors (Lipinski definition) is 2. The number of hydrogen-bond acceptors (Lipinski definition) is 3. The van der Waals surface area contributed by atoms with Gasteiger partial charge in [0, 0.05) is 12.1 Å². The molecule has 0 amide bonds. The highest BCUT2D eigenvalue weighted by atomic mass is 32.2. The van der Waals surface area contributed by atoms with Crippen LogP contribution >= 0.6 is 0 Å². The van der Waals surface area contributed by atoms with E-state index in [4.69, 9.17) is 0 Å². The van der Waals surface area contributed by atoms with Crippen LogP contribution in [0, 0.1) is 13.8 Å². The summed E-state index contributed by atoms with van der Waals surface area (Å²) in [4.78, 5) is 0.430. The molecule has 1 aliphatic rings. The van der Waals surface area contributed by atoms with Gasteiger partial charge in [-0.15, -0.1) is 0 Å². The molecule has 0 spiro atoms. The maximum absolute atomic E-state index is 12.8. The summed E-state index contributed by atoms with van der Waals surface area (Å²) in [5.41, 5.74) is 2.80. The van der Waals surface area contributed by atoms with Crippen LogP contribution in [0.15, 0.2) is 17.0 Å². The van der Waals surface area contributed by atoms with Gasteiger partial charge in [-0.25, -0.2) is 13.1 Å². The number of benzene rings is 1. The van der Waals surface area contributed by atoms with E-state index in [0.717, 1.165) is 29.7 Å². The van der Waals surface area contributed by atoms with Crippen LogP contribution in [0.4, 0.5) is 0 Å². The lowest BCUT2D eigenvalue weighted by Crippen LogP contribution is -2.42. The molecule has 0 aromatic heterocycles. The predicted molar refractivity (Wildman–Crippen MR) is 90.8 cm³/mol. The van der Waals surface area contributed by atoms with Gasteiger partial charge in [0.2, 0.25) is 10.0 Å². The third-order valence-electron chi connectivity index (χ3n) is 4.43. The van der Waals surface area contributed by atoms with Crippen LogP contribution in [0.2, 0.25) is 0 Å². The van der Waals surface area contributed by atoms with E-state index >= 15 is 0 Å². The van der Waals surface area contributed by atoms with Crippen molar-refractivity contribution in [2.75, 3.05) is 6.54 Å². The van der Waals surface area contributed by atoms with Crippen molar-refractivity contribution in [3.8, 4) is 0 Å². The maximum Gasteiger partial charge on any atom is 0.241 e.